The molecule has 0 spiro atoms. The number of carbonyl (C=O) groups excluding carboxylic acids is 5. The van der Waals surface area contributed by atoms with Crippen LogP contribution in [0.25, 0.3) is 0 Å². The number of nitrogens with zero attached hydrogens (tertiary/aromatic N) is 4. The summed E-state index contributed by atoms with van der Waals surface area (Å²) >= 11 is 0. The lowest BCUT2D eigenvalue weighted by Gasteiger charge is -2.27. The lowest BCUT2D eigenvalue weighted by molar-refractivity contribution is -0.155. The van der Waals surface area contributed by atoms with Crippen molar-refractivity contribution >= 4 is 47.4 Å². The summed E-state index contributed by atoms with van der Waals surface area (Å²) in [7, 11) is 3.39. The smallest absolute Gasteiger partial charge is 0.335 e. The predicted molar refractivity (Wildman–Crippen MR) is 165 cm³/mol. The van der Waals surface area contributed by atoms with Gasteiger partial charge in [-0.2, -0.15) is 5.10 Å². The lowest BCUT2D eigenvalue weighted by atomic mass is 9.81. The molecule has 2 atom stereocenters. The van der Waals surface area contributed by atoms with Crippen LogP contribution in [0.3, 0.4) is 0 Å². The first-order chi connectivity index (χ1) is 20.8. The van der Waals surface area contributed by atoms with Gasteiger partial charge in [-0.05, 0) is 64.5 Å². The molecule has 1 saturated carbocycles. The third kappa shape index (κ3) is 10.2. The molecule has 1 aromatic heterocycles. The van der Waals surface area contributed by atoms with Crippen molar-refractivity contribution in [3.8, 4) is 0 Å². The van der Waals surface area contributed by atoms with E-state index in [1.54, 1.807) is 58.1 Å². The summed E-state index contributed by atoms with van der Waals surface area (Å²) in [5.41, 5.74) is 8.13. The van der Waals surface area contributed by atoms with E-state index in [9.17, 15) is 24.0 Å². The van der Waals surface area contributed by atoms with Crippen LogP contribution in [0.1, 0.15) is 52.9 Å². The standard InChI is InChI=1S/C29H45N9O6/c1-29(2,3)44-24(40)13-20(15-34-36-28(43)33-14-18-8-10-19(11-9-18)26(41)31-4)35-23(39)17-38-22-7-6-12-32-25(22)37(5)16-21(30)27(38)42/h6-7,12,15,18-21H,8-11,13-14,16-17,30H2,1-5H3,(H,31,41)(H,35,39)(H2,33,36,43)/b34-15+/t18?,19?,20-,21?/m0/s1. The first-order valence-corrected chi connectivity index (χ1v) is 14.8. The van der Waals surface area contributed by atoms with E-state index in [1.807, 2.05) is 0 Å². The average molecular weight is 616 g/mol. The van der Waals surface area contributed by atoms with Gasteiger partial charge in [0, 0.05) is 45.5 Å². The number of hydrogen-bond donors (Lipinski definition) is 5. The molecule has 1 aliphatic carbocycles. The highest BCUT2D eigenvalue weighted by Crippen LogP contribution is 2.29. The molecule has 44 heavy (non-hydrogen) atoms. The second-order valence-electron chi connectivity index (χ2n) is 12.2. The molecule has 0 bridgehead atoms. The molecule has 0 aromatic carbocycles. The molecule has 1 unspecified atom stereocenters. The minimum atomic E-state index is -0.954. The van der Waals surface area contributed by atoms with Gasteiger partial charge >= 0.3 is 12.0 Å². The summed E-state index contributed by atoms with van der Waals surface area (Å²) in [4.78, 5) is 70.4. The van der Waals surface area contributed by atoms with Crippen LogP contribution >= 0.6 is 0 Å². The number of nitrogens with one attached hydrogen (secondary N) is 4. The fourth-order valence-corrected chi connectivity index (χ4v) is 5.23. The van der Waals surface area contributed by atoms with Crippen LogP contribution in [-0.2, 0) is 23.9 Å². The van der Waals surface area contributed by atoms with Crippen molar-refractivity contribution in [2.75, 3.05) is 43.5 Å². The predicted octanol–water partition coefficient (Wildman–Crippen LogP) is 0.246. The first-order valence-electron chi connectivity index (χ1n) is 14.8. The molecule has 2 heterocycles. The normalized spacial score (nSPS) is 21.1. The average Bonchev–Trinajstić information content (AvgIpc) is 3.05. The second-order valence-corrected chi connectivity index (χ2v) is 12.2. The molecule has 0 saturated heterocycles. The largest absolute Gasteiger partial charge is 0.460 e. The number of ether oxygens (including phenoxy) is 1. The van der Waals surface area contributed by atoms with E-state index in [-0.39, 0.29) is 37.3 Å². The van der Waals surface area contributed by atoms with Gasteiger partial charge in [-0.3, -0.25) is 24.1 Å². The number of hydrazone groups is 1. The molecule has 15 heteroatoms. The van der Waals surface area contributed by atoms with Gasteiger partial charge in [0.05, 0.1) is 18.2 Å². The number of esters is 1. The van der Waals surface area contributed by atoms with E-state index in [1.165, 1.54) is 11.1 Å². The highest BCUT2D eigenvalue weighted by Gasteiger charge is 2.33. The van der Waals surface area contributed by atoms with Crippen LogP contribution in [0.15, 0.2) is 23.4 Å². The Balaban J connectivity index is 1.61. The Morgan fingerprint density at radius 1 is 1.20 bits per heavy atom. The number of anilines is 2. The zero-order valence-electron chi connectivity index (χ0n) is 26.1. The van der Waals surface area contributed by atoms with E-state index in [4.69, 9.17) is 10.5 Å². The van der Waals surface area contributed by atoms with Crippen molar-refractivity contribution in [1.29, 1.82) is 0 Å². The molecular weight excluding hydrogens is 570 g/mol. The molecule has 1 aromatic rings. The quantitative estimate of drug-likeness (QED) is 0.139. The van der Waals surface area contributed by atoms with Crippen molar-refractivity contribution in [3.63, 3.8) is 0 Å². The summed E-state index contributed by atoms with van der Waals surface area (Å²) < 4.78 is 5.40. The Labute approximate surface area is 257 Å². The number of amides is 5. The molecule has 15 nitrogen and oxygen atoms in total. The Morgan fingerprint density at radius 3 is 2.57 bits per heavy atom. The highest BCUT2D eigenvalue weighted by molar-refractivity contribution is 6.05. The summed E-state index contributed by atoms with van der Waals surface area (Å²) in [6.45, 7) is 5.44. The number of likely N-dealkylation sites (N-methyl/N-ethyl adjacent to an activating group) is 1. The second kappa shape index (κ2) is 15.5. The van der Waals surface area contributed by atoms with Crippen LogP contribution < -0.4 is 36.9 Å². The maximum absolute atomic E-state index is 13.2. The molecule has 2 aliphatic rings. The Bertz CT molecular complexity index is 1230. The molecule has 6 N–H and O–H groups in total. The first kappa shape index (κ1) is 34.2. The van der Waals surface area contributed by atoms with E-state index in [2.05, 4.69) is 31.5 Å². The topological polar surface area (TPSA) is 200 Å². The van der Waals surface area contributed by atoms with Gasteiger partial charge in [0.25, 0.3) is 0 Å². The highest BCUT2D eigenvalue weighted by atomic mass is 16.6. The van der Waals surface area contributed by atoms with Crippen molar-refractivity contribution < 1.29 is 28.7 Å². The molecule has 5 amide bonds. The summed E-state index contributed by atoms with van der Waals surface area (Å²) in [6, 6.07) is 0.956. The number of fused-ring (bicyclic) bond motifs is 1. The van der Waals surface area contributed by atoms with Gasteiger partial charge in [-0.15, -0.1) is 0 Å². The van der Waals surface area contributed by atoms with E-state index in [0.29, 0.717) is 18.1 Å². The SMILES string of the molecule is CNC(=O)C1CCC(CNC(=O)N/N=C/[C@H](CC(=O)OC(C)(C)C)NC(=O)CN2C(=O)C(N)CN(C)c3ncccc32)CC1. The van der Waals surface area contributed by atoms with Crippen LogP contribution in [0, 0.1) is 11.8 Å². The maximum atomic E-state index is 13.2. The summed E-state index contributed by atoms with van der Waals surface area (Å²) in [6.07, 6.45) is 5.74. The Hall–Kier alpha value is -4.27. The van der Waals surface area contributed by atoms with E-state index >= 15 is 0 Å². The van der Waals surface area contributed by atoms with Crippen molar-refractivity contribution in [2.45, 2.75) is 70.6 Å². The molecule has 1 aliphatic heterocycles. The van der Waals surface area contributed by atoms with E-state index in [0.717, 1.165) is 25.7 Å². The zero-order valence-corrected chi connectivity index (χ0v) is 26.1. The third-order valence-corrected chi connectivity index (χ3v) is 7.36. The molecular formula is C29H45N9O6. The van der Waals surface area contributed by atoms with E-state index < -0.39 is 41.5 Å². The minimum absolute atomic E-state index is 0.00811. The van der Waals surface area contributed by atoms with Gasteiger partial charge < -0.3 is 31.3 Å². The van der Waals surface area contributed by atoms with Gasteiger partial charge in [-0.1, -0.05) is 0 Å². The fraction of sp³-hybridized carbons (Fsp3) is 0.621. The van der Waals surface area contributed by atoms with Crippen LogP contribution in [0.2, 0.25) is 0 Å². The summed E-state index contributed by atoms with van der Waals surface area (Å²) in [5.74, 6) is -0.808. The number of hydrogen-bond acceptors (Lipinski definition) is 10. The number of aromatic nitrogens is 1. The van der Waals surface area contributed by atoms with Crippen molar-refractivity contribution in [1.82, 2.24) is 26.4 Å². The lowest BCUT2D eigenvalue weighted by Crippen LogP contribution is -2.51. The van der Waals surface area contributed by atoms with Gasteiger partial charge in [-0.25, -0.2) is 15.2 Å². The molecule has 1 fully saturated rings. The molecule has 3 rings (SSSR count). The number of carbonyl (C=O) groups is 5. The van der Waals surface area contributed by atoms with Gasteiger partial charge in [0.2, 0.25) is 17.7 Å². The number of urea groups is 1. The monoisotopic (exact) mass is 615 g/mol. The minimum Gasteiger partial charge on any atom is -0.460 e. The number of nitrogens with two attached hydrogens (primary N) is 1. The molecule has 242 valence electrons. The van der Waals surface area contributed by atoms with Gasteiger partial charge in [0.1, 0.15) is 18.2 Å². The van der Waals surface area contributed by atoms with Gasteiger partial charge in [0.15, 0.2) is 5.82 Å². The fourth-order valence-electron chi connectivity index (χ4n) is 5.23. The van der Waals surface area contributed by atoms with Crippen molar-refractivity contribution in [2.24, 2.45) is 22.7 Å². The molecule has 0 radical (unpaired) electrons. The zero-order chi connectivity index (χ0) is 32.4. The van der Waals surface area contributed by atoms with Crippen LogP contribution in [0.4, 0.5) is 16.3 Å². The summed E-state index contributed by atoms with van der Waals surface area (Å²) in [5, 5.41) is 12.1. The Kier molecular flexibility index (Phi) is 12.0. The Morgan fingerprint density at radius 2 is 1.91 bits per heavy atom. The number of pyridine rings is 1. The third-order valence-electron chi connectivity index (χ3n) is 7.36. The maximum Gasteiger partial charge on any atom is 0.335 e. The van der Waals surface area contributed by atoms with Crippen LogP contribution in [-0.4, -0.2) is 92.3 Å². The van der Waals surface area contributed by atoms with Crippen LogP contribution in [0.5, 0.6) is 0 Å². The number of rotatable bonds is 10. The van der Waals surface area contributed by atoms with Crippen molar-refractivity contribution in [3.05, 3.63) is 18.3 Å².